The molecule has 4 N–H and O–H groups in total. The molecule has 0 aliphatic carbocycles. The minimum atomic E-state index is -1.18. The SMILES string of the molecule is C=Cc1cccc(C(O)CN(CCN(CC(=O)O)CC(=O)O)CC(=O)O)c1. The van der Waals surface area contributed by atoms with Crippen molar-refractivity contribution < 1.29 is 34.8 Å². The van der Waals surface area contributed by atoms with Gasteiger partial charge < -0.3 is 20.4 Å². The number of aliphatic hydroxyl groups excluding tert-OH is 1. The van der Waals surface area contributed by atoms with Gasteiger partial charge in [0.2, 0.25) is 0 Å². The predicted octanol–water partition coefficient (Wildman–Crippen LogP) is 0.221. The van der Waals surface area contributed by atoms with E-state index in [-0.39, 0.29) is 26.2 Å². The van der Waals surface area contributed by atoms with Gasteiger partial charge in [-0.05, 0) is 17.2 Å². The van der Waals surface area contributed by atoms with E-state index in [1.807, 2.05) is 6.07 Å². The zero-order valence-corrected chi connectivity index (χ0v) is 14.8. The summed E-state index contributed by atoms with van der Waals surface area (Å²) in [6.45, 7) is 2.46. The summed E-state index contributed by atoms with van der Waals surface area (Å²) in [6.07, 6.45) is 0.664. The molecule has 0 bridgehead atoms. The molecule has 1 aromatic carbocycles. The maximum absolute atomic E-state index is 11.1. The maximum Gasteiger partial charge on any atom is 0.317 e. The molecule has 9 heteroatoms. The number of rotatable bonds is 13. The van der Waals surface area contributed by atoms with Gasteiger partial charge in [-0.25, -0.2) is 0 Å². The second-order valence-corrected chi connectivity index (χ2v) is 6.02. The van der Waals surface area contributed by atoms with Crippen LogP contribution in [0.2, 0.25) is 0 Å². The van der Waals surface area contributed by atoms with Gasteiger partial charge in [0, 0.05) is 19.6 Å². The molecule has 0 radical (unpaired) electrons. The van der Waals surface area contributed by atoms with E-state index in [1.54, 1.807) is 24.3 Å². The lowest BCUT2D eigenvalue weighted by molar-refractivity contribution is -0.143. The molecule has 1 atom stereocenters. The van der Waals surface area contributed by atoms with Crippen molar-refractivity contribution in [3.05, 3.63) is 42.0 Å². The van der Waals surface area contributed by atoms with Crippen molar-refractivity contribution in [2.45, 2.75) is 6.10 Å². The Morgan fingerprint density at radius 2 is 1.48 bits per heavy atom. The van der Waals surface area contributed by atoms with Crippen molar-refractivity contribution in [1.29, 1.82) is 0 Å². The van der Waals surface area contributed by atoms with Crippen LogP contribution in [0.15, 0.2) is 30.8 Å². The molecule has 0 aliphatic heterocycles. The molecule has 0 aromatic heterocycles. The molecule has 0 spiro atoms. The molecular formula is C18H24N2O7. The number of aliphatic carboxylic acids is 3. The average Bonchev–Trinajstić information content (AvgIpc) is 2.58. The molecule has 0 saturated carbocycles. The molecule has 1 aromatic rings. The summed E-state index contributed by atoms with van der Waals surface area (Å²) in [5.41, 5.74) is 1.40. The van der Waals surface area contributed by atoms with Crippen LogP contribution in [0.4, 0.5) is 0 Å². The van der Waals surface area contributed by atoms with E-state index in [2.05, 4.69) is 6.58 Å². The number of nitrogens with zero attached hydrogens (tertiary/aromatic N) is 2. The lowest BCUT2D eigenvalue weighted by atomic mass is 10.1. The fraction of sp³-hybridized carbons (Fsp3) is 0.389. The molecule has 27 heavy (non-hydrogen) atoms. The van der Waals surface area contributed by atoms with E-state index >= 15 is 0 Å². The van der Waals surface area contributed by atoms with Crippen LogP contribution in [0.3, 0.4) is 0 Å². The lowest BCUT2D eigenvalue weighted by Gasteiger charge is -2.26. The van der Waals surface area contributed by atoms with Crippen LogP contribution >= 0.6 is 0 Å². The van der Waals surface area contributed by atoms with Gasteiger partial charge in [0.15, 0.2) is 0 Å². The van der Waals surface area contributed by atoms with E-state index in [0.29, 0.717) is 5.56 Å². The Kier molecular flexibility index (Phi) is 9.14. The fourth-order valence-electron chi connectivity index (χ4n) is 2.55. The third-order valence-corrected chi connectivity index (χ3v) is 3.77. The molecule has 1 rings (SSSR count). The normalized spacial score (nSPS) is 12.1. The Balaban J connectivity index is 2.78. The third-order valence-electron chi connectivity index (χ3n) is 3.77. The van der Waals surface area contributed by atoms with Gasteiger partial charge in [-0.3, -0.25) is 24.2 Å². The third kappa shape index (κ3) is 8.95. The highest BCUT2D eigenvalue weighted by molar-refractivity contribution is 5.72. The number of aliphatic hydroxyl groups is 1. The first-order valence-corrected chi connectivity index (χ1v) is 8.21. The molecule has 0 fully saturated rings. The Morgan fingerprint density at radius 1 is 0.963 bits per heavy atom. The van der Waals surface area contributed by atoms with Crippen molar-refractivity contribution in [1.82, 2.24) is 9.80 Å². The topological polar surface area (TPSA) is 139 Å². The highest BCUT2D eigenvalue weighted by atomic mass is 16.4. The lowest BCUT2D eigenvalue weighted by Crippen LogP contribution is -2.43. The van der Waals surface area contributed by atoms with Gasteiger partial charge >= 0.3 is 17.9 Å². The van der Waals surface area contributed by atoms with E-state index in [0.717, 1.165) is 5.56 Å². The summed E-state index contributed by atoms with van der Waals surface area (Å²) in [7, 11) is 0. The minimum Gasteiger partial charge on any atom is -0.480 e. The van der Waals surface area contributed by atoms with Crippen LogP contribution in [0, 0.1) is 0 Å². The Labute approximate surface area is 156 Å². The van der Waals surface area contributed by atoms with Crippen LogP contribution in [-0.4, -0.2) is 87.4 Å². The number of benzene rings is 1. The van der Waals surface area contributed by atoms with Gasteiger partial charge in [-0.2, -0.15) is 0 Å². The summed E-state index contributed by atoms with van der Waals surface area (Å²) in [4.78, 5) is 35.4. The summed E-state index contributed by atoms with van der Waals surface area (Å²) in [5, 5.41) is 37.2. The largest absolute Gasteiger partial charge is 0.480 e. The zero-order valence-electron chi connectivity index (χ0n) is 14.8. The van der Waals surface area contributed by atoms with Gasteiger partial charge in [0.25, 0.3) is 0 Å². The van der Waals surface area contributed by atoms with Crippen LogP contribution in [0.25, 0.3) is 6.08 Å². The van der Waals surface area contributed by atoms with Crippen LogP contribution in [0.5, 0.6) is 0 Å². The number of carbonyl (C=O) groups is 3. The first-order chi connectivity index (χ1) is 12.7. The smallest absolute Gasteiger partial charge is 0.317 e. The number of hydrogen-bond acceptors (Lipinski definition) is 6. The van der Waals surface area contributed by atoms with Gasteiger partial charge in [0.1, 0.15) is 0 Å². The Hall–Kier alpha value is -2.75. The van der Waals surface area contributed by atoms with Crippen molar-refractivity contribution in [2.75, 3.05) is 39.3 Å². The van der Waals surface area contributed by atoms with Crippen molar-refractivity contribution >= 4 is 24.0 Å². The van der Waals surface area contributed by atoms with E-state index < -0.39 is 37.1 Å². The van der Waals surface area contributed by atoms with Gasteiger partial charge in [-0.15, -0.1) is 0 Å². The molecule has 1 unspecified atom stereocenters. The average molecular weight is 380 g/mol. The molecule has 0 amide bonds. The summed E-state index contributed by atoms with van der Waals surface area (Å²) >= 11 is 0. The minimum absolute atomic E-state index is 0.000872. The summed E-state index contributed by atoms with van der Waals surface area (Å²) < 4.78 is 0. The standard InChI is InChI=1S/C18H24N2O7/c1-2-13-4-3-5-14(8-13)15(21)9-19(10-16(22)23)6-7-20(11-17(24)25)12-18(26)27/h2-5,8,15,21H,1,6-7,9-12H2,(H,22,23)(H,24,25)(H,26,27). The Morgan fingerprint density at radius 3 is 2.00 bits per heavy atom. The fourth-order valence-corrected chi connectivity index (χ4v) is 2.55. The predicted molar refractivity (Wildman–Crippen MR) is 97.3 cm³/mol. The molecule has 9 nitrogen and oxygen atoms in total. The first-order valence-electron chi connectivity index (χ1n) is 8.21. The molecule has 148 valence electrons. The molecule has 0 saturated heterocycles. The quantitative estimate of drug-likeness (QED) is 0.378. The van der Waals surface area contributed by atoms with E-state index in [1.165, 1.54) is 9.80 Å². The van der Waals surface area contributed by atoms with Crippen LogP contribution < -0.4 is 0 Å². The van der Waals surface area contributed by atoms with Crippen LogP contribution in [-0.2, 0) is 14.4 Å². The summed E-state index contributed by atoms with van der Waals surface area (Å²) in [5.74, 6) is -3.46. The second-order valence-electron chi connectivity index (χ2n) is 6.02. The van der Waals surface area contributed by atoms with Gasteiger partial charge in [0.05, 0.1) is 25.7 Å². The van der Waals surface area contributed by atoms with E-state index in [4.69, 9.17) is 15.3 Å². The van der Waals surface area contributed by atoms with Crippen LogP contribution in [0.1, 0.15) is 17.2 Å². The van der Waals surface area contributed by atoms with Crippen molar-refractivity contribution in [3.63, 3.8) is 0 Å². The van der Waals surface area contributed by atoms with Crippen molar-refractivity contribution in [2.24, 2.45) is 0 Å². The molecule has 0 heterocycles. The number of carboxylic acid groups (broad SMARTS) is 3. The number of carboxylic acids is 3. The first kappa shape index (κ1) is 22.3. The van der Waals surface area contributed by atoms with Gasteiger partial charge in [-0.1, -0.05) is 30.9 Å². The summed E-state index contributed by atoms with van der Waals surface area (Å²) in [6, 6.07) is 7.00. The second kappa shape index (κ2) is 11.1. The molecule has 0 aliphatic rings. The monoisotopic (exact) mass is 380 g/mol. The van der Waals surface area contributed by atoms with E-state index in [9.17, 15) is 19.5 Å². The zero-order chi connectivity index (χ0) is 20.4. The van der Waals surface area contributed by atoms with Crippen molar-refractivity contribution in [3.8, 4) is 0 Å². The highest BCUT2D eigenvalue weighted by Gasteiger charge is 2.19. The molecular weight excluding hydrogens is 356 g/mol. The highest BCUT2D eigenvalue weighted by Crippen LogP contribution is 2.16. The number of hydrogen-bond donors (Lipinski definition) is 4. The Bertz CT molecular complexity index is 661. The maximum atomic E-state index is 11.1.